The molecule has 2 aromatic carbocycles. The number of anilines is 1. The number of nitrogens with zero attached hydrogens (tertiary/aromatic N) is 4. The molecule has 1 aromatic heterocycles. The maximum absolute atomic E-state index is 14.0. The van der Waals surface area contributed by atoms with Gasteiger partial charge >= 0.3 is 6.09 Å². The highest BCUT2D eigenvalue weighted by Gasteiger charge is 2.30. The van der Waals surface area contributed by atoms with Crippen LogP contribution >= 0.6 is 0 Å². The number of methoxy groups -OCH3 is 1. The van der Waals surface area contributed by atoms with Gasteiger partial charge in [-0.25, -0.2) is 9.48 Å². The molecule has 56 heavy (non-hydrogen) atoms. The number of unbranched alkanes of at least 4 members (excludes halogenated alkanes) is 1. The van der Waals surface area contributed by atoms with Crippen molar-refractivity contribution in [1.82, 2.24) is 30.9 Å². The van der Waals surface area contributed by atoms with Crippen molar-refractivity contribution in [3.8, 4) is 22.5 Å². The van der Waals surface area contributed by atoms with E-state index in [0.29, 0.717) is 43.9 Å². The molecule has 1 aliphatic heterocycles. The lowest BCUT2D eigenvalue weighted by Gasteiger charge is -2.31. The minimum absolute atomic E-state index is 0.0316. The van der Waals surface area contributed by atoms with Crippen molar-refractivity contribution in [3.63, 3.8) is 0 Å². The summed E-state index contributed by atoms with van der Waals surface area (Å²) in [4.78, 5) is 52.7. The van der Waals surface area contributed by atoms with Gasteiger partial charge < -0.3 is 35.1 Å². The number of para-hydroxylation sites is 1. The molecule has 0 radical (unpaired) electrons. The molecule has 4 rings (SSSR count). The van der Waals surface area contributed by atoms with E-state index in [4.69, 9.17) is 14.2 Å². The maximum atomic E-state index is 14.0. The molecular formula is C42H61N7O7. The summed E-state index contributed by atoms with van der Waals surface area (Å²) in [6, 6.07) is 15.2. The molecule has 0 saturated carbocycles. The second-order valence-electron chi connectivity index (χ2n) is 15.1. The number of alkyl carbamates (subject to hydrolysis) is 1. The normalized spacial score (nSPS) is 13.9. The molecule has 3 N–H and O–H groups in total. The first-order valence-corrected chi connectivity index (χ1v) is 19.8. The van der Waals surface area contributed by atoms with Gasteiger partial charge in [0.25, 0.3) is 0 Å². The van der Waals surface area contributed by atoms with Crippen molar-refractivity contribution in [2.45, 2.75) is 116 Å². The Bertz CT molecular complexity index is 1780. The Morgan fingerprint density at radius 2 is 1.64 bits per heavy atom. The van der Waals surface area contributed by atoms with Crippen LogP contribution in [-0.2, 0) is 41.7 Å². The Kier molecular flexibility index (Phi) is 16.5. The van der Waals surface area contributed by atoms with Crippen molar-refractivity contribution in [1.29, 1.82) is 0 Å². The summed E-state index contributed by atoms with van der Waals surface area (Å²) >= 11 is 0. The first-order valence-electron chi connectivity index (χ1n) is 19.8. The molecule has 0 fully saturated rings. The monoisotopic (exact) mass is 775 g/mol. The van der Waals surface area contributed by atoms with E-state index in [1.165, 1.54) is 0 Å². The van der Waals surface area contributed by atoms with Gasteiger partial charge in [-0.1, -0.05) is 54.6 Å². The smallest absolute Gasteiger partial charge is 0.407 e. The number of amides is 3. The van der Waals surface area contributed by atoms with Gasteiger partial charge in [0.1, 0.15) is 18.1 Å². The highest BCUT2D eigenvalue weighted by atomic mass is 16.5. The molecule has 2 atom stereocenters. The highest BCUT2D eigenvalue weighted by Crippen LogP contribution is 2.41. The lowest BCUT2D eigenvalue weighted by molar-refractivity contribution is -0.125. The van der Waals surface area contributed by atoms with E-state index in [1.54, 1.807) is 30.7 Å². The molecule has 14 heteroatoms. The average Bonchev–Trinajstić information content (AvgIpc) is 3.59. The molecule has 3 aromatic rings. The van der Waals surface area contributed by atoms with Gasteiger partial charge in [0.05, 0.1) is 48.3 Å². The van der Waals surface area contributed by atoms with Gasteiger partial charge in [-0.05, 0) is 84.9 Å². The predicted molar refractivity (Wildman–Crippen MR) is 216 cm³/mol. The van der Waals surface area contributed by atoms with Crippen molar-refractivity contribution >= 4 is 29.4 Å². The zero-order valence-electron chi connectivity index (χ0n) is 34.2. The van der Waals surface area contributed by atoms with E-state index in [1.807, 2.05) is 62.4 Å². The lowest BCUT2D eigenvalue weighted by atomic mass is 9.95. The number of likely N-dealkylation sites (N-methyl/N-ethyl adjacent to an activating group) is 1. The molecule has 0 bridgehead atoms. The summed E-state index contributed by atoms with van der Waals surface area (Å²) in [6.45, 7) is 11.8. The van der Waals surface area contributed by atoms with Crippen LogP contribution in [0.3, 0.4) is 0 Å². The quantitative estimate of drug-likeness (QED) is 0.106. The van der Waals surface area contributed by atoms with E-state index >= 15 is 0 Å². The molecular weight excluding hydrogens is 715 g/mol. The second-order valence-corrected chi connectivity index (χ2v) is 15.1. The van der Waals surface area contributed by atoms with Crippen LogP contribution in [0.5, 0.6) is 0 Å². The summed E-state index contributed by atoms with van der Waals surface area (Å²) in [7, 11) is 3.46. The molecule has 0 spiro atoms. The summed E-state index contributed by atoms with van der Waals surface area (Å²) in [5.74, 6) is -0.269. The second kappa shape index (κ2) is 21.0. The van der Waals surface area contributed by atoms with Crippen LogP contribution < -0.4 is 20.9 Å². The Balaban J connectivity index is 1.37. The van der Waals surface area contributed by atoms with E-state index in [0.717, 1.165) is 48.1 Å². The molecule has 0 aliphatic carbocycles. The summed E-state index contributed by atoms with van der Waals surface area (Å²) in [6.07, 6.45) is 4.00. The van der Waals surface area contributed by atoms with Crippen molar-refractivity contribution in [2.24, 2.45) is 0 Å². The lowest BCUT2D eigenvalue weighted by Crippen LogP contribution is -2.37. The first kappa shape index (κ1) is 44.1. The number of nitrogens with one attached hydrogen (secondary N) is 3. The van der Waals surface area contributed by atoms with Gasteiger partial charge in [-0.15, -0.1) is 5.10 Å². The van der Waals surface area contributed by atoms with Crippen LogP contribution in [-0.4, -0.2) is 96.4 Å². The van der Waals surface area contributed by atoms with Gasteiger partial charge in [0.2, 0.25) is 11.8 Å². The molecule has 0 saturated heterocycles. The van der Waals surface area contributed by atoms with Crippen LogP contribution in [0.15, 0.2) is 48.5 Å². The Labute approximate surface area is 331 Å². The number of benzene rings is 2. The van der Waals surface area contributed by atoms with Gasteiger partial charge in [0.15, 0.2) is 0 Å². The molecule has 2 heterocycles. The number of fused-ring (bicyclic) bond motifs is 5. The maximum Gasteiger partial charge on any atom is 0.407 e. The summed E-state index contributed by atoms with van der Waals surface area (Å²) in [5.41, 5.74) is 3.88. The predicted octanol–water partition coefficient (Wildman–Crippen LogP) is 5.82. The number of ketones is 1. The van der Waals surface area contributed by atoms with Crippen LogP contribution in [0.4, 0.5) is 10.5 Å². The number of Topliss-reactive ketones (excluding diaryl/α,β-unsaturated/α-hetero) is 1. The van der Waals surface area contributed by atoms with E-state index < -0.39 is 6.09 Å². The fourth-order valence-corrected chi connectivity index (χ4v) is 6.59. The number of ether oxygens (including phenoxy) is 3. The number of rotatable bonds is 22. The molecule has 14 nitrogen and oxygen atoms in total. The minimum Gasteiger partial charge on any atom is -0.448 e. The molecule has 1 aliphatic rings. The first-order chi connectivity index (χ1) is 26.8. The number of hydrogen-bond donors (Lipinski definition) is 3. The molecule has 3 amide bonds. The van der Waals surface area contributed by atoms with E-state index in [-0.39, 0.29) is 67.4 Å². The Morgan fingerprint density at radius 3 is 2.36 bits per heavy atom. The van der Waals surface area contributed by atoms with Crippen molar-refractivity contribution in [2.75, 3.05) is 45.4 Å². The van der Waals surface area contributed by atoms with Crippen LogP contribution in [0.2, 0.25) is 0 Å². The van der Waals surface area contributed by atoms with Crippen LogP contribution in [0.25, 0.3) is 22.5 Å². The minimum atomic E-state index is -0.523. The number of hydrogen-bond acceptors (Lipinski definition) is 10. The van der Waals surface area contributed by atoms with Crippen molar-refractivity contribution in [3.05, 3.63) is 54.1 Å². The third-order valence-corrected chi connectivity index (χ3v) is 10.6. The number of aromatic nitrogens is 3. The summed E-state index contributed by atoms with van der Waals surface area (Å²) in [5, 5.41) is 17.8. The Hall–Kier alpha value is -4.66. The molecule has 2 unspecified atom stereocenters. The fraction of sp³-hybridized carbons (Fsp3) is 0.571. The SMILES string of the molecule is CCC(C)(CCNC(=O)CCC(=O)N1Cc2ccccc2-c2c(nnn2CCOC(=O)NCCCCC(NC)C(C)=O)-c2ccccc21)OCCC(C)(C)OC. The zero-order valence-corrected chi connectivity index (χ0v) is 34.2. The van der Waals surface area contributed by atoms with Crippen LogP contribution in [0.1, 0.15) is 91.5 Å². The third-order valence-electron chi connectivity index (χ3n) is 10.6. The Morgan fingerprint density at radius 1 is 0.911 bits per heavy atom. The zero-order chi connectivity index (χ0) is 40.7. The van der Waals surface area contributed by atoms with E-state index in [2.05, 4.69) is 40.1 Å². The topological polar surface area (TPSA) is 166 Å². The molecule has 306 valence electrons. The largest absolute Gasteiger partial charge is 0.448 e. The average molecular weight is 776 g/mol. The van der Waals surface area contributed by atoms with Gasteiger partial charge in [-0.3, -0.25) is 14.4 Å². The number of carbonyl (C=O) groups is 4. The highest BCUT2D eigenvalue weighted by molar-refractivity contribution is 6.01. The van der Waals surface area contributed by atoms with Crippen LogP contribution in [0, 0.1) is 0 Å². The van der Waals surface area contributed by atoms with Gasteiger partial charge in [0, 0.05) is 44.2 Å². The van der Waals surface area contributed by atoms with Crippen molar-refractivity contribution < 1.29 is 33.4 Å². The standard InChI is InChI=1S/C42H61N7O7/c1-8-42(5,56-27-23-41(3,4)54-7)22-25-44-36(51)20-21-37(52)48-29-31-15-9-10-16-32(31)39-38(33-17-11-12-19-35(33)48)46-47-49(39)26-28-55-40(53)45-24-14-13-18-34(43-6)30(2)50/h9-12,15-17,19,34,43H,8,13-14,18,20-29H2,1-7H3,(H,44,51)(H,45,53). The third kappa shape index (κ3) is 12.4. The number of carbonyl (C=O) groups excluding carboxylic acids is 4. The fourth-order valence-electron chi connectivity index (χ4n) is 6.59. The van der Waals surface area contributed by atoms with E-state index in [9.17, 15) is 19.2 Å². The summed E-state index contributed by atoms with van der Waals surface area (Å²) < 4.78 is 18.9. The van der Waals surface area contributed by atoms with Gasteiger partial charge in [-0.2, -0.15) is 0 Å².